The van der Waals surface area contributed by atoms with Crippen molar-refractivity contribution in [2.45, 2.75) is 24.5 Å². The number of benzene rings is 2. The van der Waals surface area contributed by atoms with E-state index in [1.165, 1.54) is 9.87 Å². The molecular weight excluding hydrogens is 348 g/mol. The monoisotopic (exact) mass is 370 g/mol. The van der Waals surface area contributed by atoms with Gasteiger partial charge in [0.1, 0.15) is 5.82 Å². The minimum Gasteiger partial charge on any atom is -0.347 e. The predicted molar refractivity (Wildman–Crippen MR) is 101 cm³/mol. The lowest BCUT2D eigenvalue weighted by Gasteiger charge is -2.16. The van der Waals surface area contributed by atoms with E-state index < -0.39 is 10.0 Å². The van der Waals surface area contributed by atoms with Crippen LogP contribution in [0.2, 0.25) is 0 Å². The summed E-state index contributed by atoms with van der Waals surface area (Å²) in [5, 5.41) is 3.34. The van der Waals surface area contributed by atoms with Crippen molar-refractivity contribution in [3.05, 3.63) is 83.9 Å². The van der Waals surface area contributed by atoms with Crippen LogP contribution in [-0.2, 0) is 29.7 Å². The van der Waals surface area contributed by atoms with Gasteiger partial charge in [-0.05, 0) is 23.3 Å². The van der Waals surface area contributed by atoms with Crippen LogP contribution in [-0.4, -0.2) is 29.7 Å². The highest BCUT2D eigenvalue weighted by Gasteiger charge is 2.21. The second-order valence-corrected chi connectivity index (χ2v) is 8.08. The molecule has 7 heteroatoms. The topological polar surface area (TPSA) is 78.1 Å². The first-order chi connectivity index (χ1) is 12.6. The van der Waals surface area contributed by atoms with E-state index in [0.29, 0.717) is 12.4 Å². The number of nitrogens with one attached hydrogen (secondary N) is 2. The van der Waals surface area contributed by atoms with E-state index in [4.69, 9.17) is 0 Å². The summed E-state index contributed by atoms with van der Waals surface area (Å²) in [5.74, 6) is 0.608. The minimum atomic E-state index is -3.57. The van der Waals surface area contributed by atoms with Crippen LogP contribution in [0.4, 0.5) is 0 Å². The van der Waals surface area contributed by atoms with Crippen molar-refractivity contribution in [3.8, 4) is 0 Å². The van der Waals surface area contributed by atoms with Gasteiger partial charge in [-0.3, -0.25) is 0 Å². The van der Waals surface area contributed by atoms with Crippen molar-refractivity contribution >= 4 is 10.0 Å². The number of rotatable bonds is 8. The molecule has 0 unspecified atom stereocenters. The van der Waals surface area contributed by atoms with Gasteiger partial charge in [-0.2, -0.15) is 4.31 Å². The number of H-pyrrole nitrogens is 1. The molecule has 6 nitrogen and oxygen atoms in total. The molecule has 3 rings (SSSR count). The predicted octanol–water partition coefficient (Wildman–Crippen LogP) is 2.52. The first-order valence-electron chi connectivity index (χ1n) is 8.34. The molecule has 2 aromatic carbocycles. The second kappa shape index (κ2) is 8.27. The smallest absolute Gasteiger partial charge is 0.243 e. The van der Waals surface area contributed by atoms with Crippen LogP contribution in [0.15, 0.2) is 71.9 Å². The van der Waals surface area contributed by atoms with Crippen LogP contribution in [0, 0.1) is 0 Å². The van der Waals surface area contributed by atoms with Crippen LogP contribution in [0.5, 0.6) is 0 Å². The molecule has 0 aliphatic heterocycles. The van der Waals surface area contributed by atoms with Crippen molar-refractivity contribution in [2.24, 2.45) is 0 Å². The molecule has 1 aromatic heterocycles. The van der Waals surface area contributed by atoms with Gasteiger partial charge >= 0.3 is 0 Å². The maximum absolute atomic E-state index is 12.8. The van der Waals surface area contributed by atoms with E-state index in [2.05, 4.69) is 27.4 Å². The minimum absolute atomic E-state index is 0.200. The fourth-order valence-electron chi connectivity index (χ4n) is 2.62. The highest BCUT2D eigenvalue weighted by Crippen LogP contribution is 2.17. The van der Waals surface area contributed by atoms with Gasteiger partial charge in [0.15, 0.2) is 0 Å². The van der Waals surface area contributed by atoms with E-state index >= 15 is 0 Å². The Kier molecular flexibility index (Phi) is 5.82. The van der Waals surface area contributed by atoms with Crippen LogP contribution in [0.25, 0.3) is 0 Å². The number of hydrogen-bond donors (Lipinski definition) is 2. The highest BCUT2D eigenvalue weighted by atomic mass is 32.2. The highest BCUT2D eigenvalue weighted by molar-refractivity contribution is 7.89. The van der Waals surface area contributed by atoms with Crippen molar-refractivity contribution in [1.82, 2.24) is 19.6 Å². The fraction of sp³-hybridized carbons (Fsp3) is 0.211. The third-order valence-electron chi connectivity index (χ3n) is 4.03. The summed E-state index contributed by atoms with van der Waals surface area (Å²) in [6.45, 7) is 1.53. The molecule has 0 aliphatic rings. The van der Waals surface area contributed by atoms with Crippen molar-refractivity contribution in [2.75, 3.05) is 7.05 Å². The van der Waals surface area contributed by atoms with Gasteiger partial charge in [0, 0.05) is 32.5 Å². The molecule has 0 radical (unpaired) electrons. The normalized spacial score (nSPS) is 11.8. The number of hydrogen-bond acceptors (Lipinski definition) is 4. The van der Waals surface area contributed by atoms with Crippen LogP contribution in [0.3, 0.4) is 0 Å². The molecule has 0 saturated carbocycles. The summed E-state index contributed by atoms with van der Waals surface area (Å²) in [6, 6.07) is 17.1. The number of imidazole rings is 1. The Morgan fingerprint density at radius 2 is 1.77 bits per heavy atom. The first kappa shape index (κ1) is 18.3. The first-order valence-corrected chi connectivity index (χ1v) is 9.78. The molecule has 0 amide bonds. The summed E-state index contributed by atoms with van der Waals surface area (Å²) in [7, 11) is -2.02. The summed E-state index contributed by atoms with van der Waals surface area (Å²) in [4.78, 5) is 7.28. The lowest BCUT2D eigenvalue weighted by molar-refractivity contribution is 0.458. The SMILES string of the molecule is CN(Cc1ncc[nH]1)S(=O)(=O)c1cccc(CNCc2ccccc2)c1. The summed E-state index contributed by atoms with van der Waals surface area (Å²) in [5.41, 5.74) is 2.11. The molecule has 0 atom stereocenters. The molecule has 136 valence electrons. The van der Waals surface area contributed by atoms with Gasteiger partial charge in [0.25, 0.3) is 0 Å². The molecule has 0 fully saturated rings. The third-order valence-corrected chi connectivity index (χ3v) is 5.83. The number of sulfonamides is 1. The Morgan fingerprint density at radius 1 is 1.04 bits per heavy atom. The zero-order valence-corrected chi connectivity index (χ0v) is 15.4. The summed E-state index contributed by atoms with van der Waals surface area (Å²) in [6.07, 6.45) is 3.28. The lowest BCUT2D eigenvalue weighted by atomic mass is 10.2. The Labute approximate surface area is 154 Å². The van der Waals surface area contributed by atoms with Crippen molar-refractivity contribution < 1.29 is 8.42 Å². The Hall–Kier alpha value is -2.48. The number of nitrogens with zero attached hydrogens (tertiary/aromatic N) is 2. The molecule has 0 aliphatic carbocycles. The maximum atomic E-state index is 12.8. The molecule has 2 N–H and O–H groups in total. The van der Waals surface area contributed by atoms with Crippen molar-refractivity contribution in [3.63, 3.8) is 0 Å². The quantitative estimate of drug-likeness (QED) is 0.639. The molecule has 3 aromatic rings. The van der Waals surface area contributed by atoms with Crippen LogP contribution in [0.1, 0.15) is 17.0 Å². The van der Waals surface area contributed by atoms with Gasteiger partial charge in [0.05, 0.1) is 11.4 Å². The number of aromatic amines is 1. The molecule has 0 bridgehead atoms. The largest absolute Gasteiger partial charge is 0.347 e. The van der Waals surface area contributed by atoms with E-state index in [1.807, 2.05) is 24.3 Å². The standard InChI is InChI=1S/C19H22N4O2S/c1-23(15-19-21-10-11-22-19)26(24,25)18-9-5-8-17(12-18)14-20-13-16-6-3-2-4-7-16/h2-12,20H,13-15H2,1H3,(H,21,22). The summed E-state index contributed by atoms with van der Waals surface area (Å²) < 4.78 is 26.8. The summed E-state index contributed by atoms with van der Waals surface area (Å²) >= 11 is 0. The zero-order chi connectivity index (χ0) is 18.4. The van der Waals surface area contributed by atoms with Crippen molar-refractivity contribution in [1.29, 1.82) is 0 Å². The Bertz CT molecular complexity index is 925. The second-order valence-electron chi connectivity index (χ2n) is 6.03. The van der Waals surface area contributed by atoms with Gasteiger partial charge in [-0.1, -0.05) is 42.5 Å². The Morgan fingerprint density at radius 3 is 2.50 bits per heavy atom. The third kappa shape index (κ3) is 4.57. The Balaban J connectivity index is 1.65. The number of aromatic nitrogens is 2. The molecule has 0 saturated heterocycles. The van der Waals surface area contributed by atoms with Gasteiger partial charge < -0.3 is 10.3 Å². The van der Waals surface area contributed by atoms with E-state index in [-0.39, 0.29) is 11.4 Å². The van der Waals surface area contributed by atoms with E-state index in [9.17, 15) is 8.42 Å². The van der Waals surface area contributed by atoms with Gasteiger partial charge in [-0.25, -0.2) is 13.4 Å². The molecule has 0 spiro atoms. The van der Waals surface area contributed by atoms with E-state index in [0.717, 1.165) is 12.1 Å². The fourth-order valence-corrected chi connectivity index (χ4v) is 3.83. The van der Waals surface area contributed by atoms with Gasteiger partial charge in [0.2, 0.25) is 10.0 Å². The zero-order valence-electron chi connectivity index (χ0n) is 14.6. The molecule has 1 heterocycles. The molecule has 26 heavy (non-hydrogen) atoms. The average Bonchev–Trinajstić information content (AvgIpc) is 3.16. The maximum Gasteiger partial charge on any atom is 0.243 e. The lowest BCUT2D eigenvalue weighted by Crippen LogP contribution is -2.27. The van der Waals surface area contributed by atoms with Gasteiger partial charge in [-0.15, -0.1) is 0 Å². The van der Waals surface area contributed by atoms with Crippen LogP contribution >= 0.6 is 0 Å². The van der Waals surface area contributed by atoms with E-state index in [1.54, 1.807) is 37.6 Å². The average molecular weight is 370 g/mol. The molecular formula is C19H22N4O2S. The van der Waals surface area contributed by atoms with Crippen LogP contribution < -0.4 is 5.32 Å².